The van der Waals surface area contributed by atoms with Crippen molar-refractivity contribution in [3.8, 4) is 5.75 Å². The number of hydrogen-bond donors (Lipinski definition) is 1. The maximum absolute atomic E-state index is 12.8. The van der Waals surface area contributed by atoms with Gasteiger partial charge in [-0.1, -0.05) is 31.1 Å². The monoisotopic (exact) mass is 408 g/mol. The van der Waals surface area contributed by atoms with Crippen LogP contribution in [0.5, 0.6) is 5.75 Å². The lowest BCUT2D eigenvalue weighted by molar-refractivity contribution is -0.131. The van der Waals surface area contributed by atoms with Crippen molar-refractivity contribution >= 4 is 11.9 Å². The molecule has 10 heteroatoms. The zero-order chi connectivity index (χ0) is 21.2. The van der Waals surface area contributed by atoms with E-state index in [1.165, 1.54) is 12.1 Å². The van der Waals surface area contributed by atoms with Gasteiger partial charge in [0.05, 0.1) is 6.54 Å². The summed E-state index contributed by atoms with van der Waals surface area (Å²) < 4.78 is 33.9. The predicted molar refractivity (Wildman–Crippen MR) is 97.3 cm³/mol. The zero-order valence-corrected chi connectivity index (χ0v) is 16.3. The molecule has 1 fully saturated rings. The lowest BCUT2D eigenvalue weighted by Crippen LogP contribution is -2.44. The molecule has 8 nitrogen and oxygen atoms in total. The second-order valence-corrected chi connectivity index (χ2v) is 7.38. The Hall–Kier alpha value is -3.04. The van der Waals surface area contributed by atoms with Crippen molar-refractivity contribution in [3.05, 3.63) is 41.5 Å². The topological polar surface area (TPSA) is 97.6 Å². The molecule has 3 amide bonds. The van der Waals surface area contributed by atoms with Gasteiger partial charge in [0.15, 0.2) is 5.82 Å². The third-order valence-electron chi connectivity index (χ3n) is 4.68. The molecule has 29 heavy (non-hydrogen) atoms. The van der Waals surface area contributed by atoms with E-state index >= 15 is 0 Å². The van der Waals surface area contributed by atoms with Gasteiger partial charge < -0.3 is 14.6 Å². The SMILES string of the molecule is CC(C)c1nc(CN2C(=O)NC(C)(CCc3ccc(OC(F)F)cc3)C2=O)no1. The number of urea groups is 1. The average molecular weight is 408 g/mol. The summed E-state index contributed by atoms with van der Waals surface area (Å²) in [5.41, 5.74) is -0.257. The lowest BCUT2D eigenvalue weighted by atomic mass is 9.93. The summed E-state index contributed by atoms with van der Waals surface area (Å²) in [6, 6.07) is 5.65. The Labute approximate surface area is 166 Å². The fourth-order valence-corrected chi connectivity index (χ4v) is 3.00. The molecule has 1 atom stereocenters. The summed E-state index contributed by atoms with van der Waals surface area (Å²) in [6.07, 6.45) is 0.803. The van der Waals surface area contributed by atoms with Crippen LogP contribution in [-0.4, -0.2) is 39.1 Å². The molecule has 156 valence electrons. The molecule has 1 aromatic heterocycles. The largest absolute Gasteiger partial charge is 0.435 e. The molecule has 2 aromatic rings. The quantitative estimate of drug-likeness (QED) is 0.674. The van der Waals surface area contributed by atoms with E-state index < -0.39 is 18.2 Å². The van der Waals surface area contributed by atoms with Gasteiger partial charge in [0.25, 0.3) is 5.91 Å². The van der Waals surface area contributed by atoms with Gasteiger partial charge in [0.1, 0.15) is 11.3 Å². The van der Waals surface area contributed by atoms with Crippen LogP contribution in [0.1, 0.15) is 50.4 Å². The van der Waals surface area contributed by atoms with E-state index in [1.807, 2.05) is 13.8 Å². The molecule has 1 saturated heterocycles. The Kier molecular flexibility index (Phi) is 5.81. The summed E-state index contributed by atoms with van der Waals surface area (Å²) in [5, 5.41) is 6.53. The van der Waals surface area contributed by atoms with Gasteiger partial charge in [0, 0.05) is 5.92 Å². The van der Waals surface area contributed by atoms with Crippen LogP contribution in [0.15, 0.2) is 28.8 Å². The minimum Gasteiger partial charge on any atom is -0.435 e. The number of aromatic nitrogens is 2. The van der Waals surface area contributed by atoms with Crippen LogP contribution in [0.4, 0.5) is 13.6 Å². The number of amides is 3. The number of rotatable bonds is 8. The normalized spacial score (nSPS) is 19.3. The number of nitrogens with zero attached hydrogens (tertiary/aromatic N) is 3. The maximum atomic E-state index is 12.8. The van der Waals surface area contributed by atoms with E-state index in [9.17, 15) is 18.4 Å². The summed E-state index contributed by atoms with van der Waals surface area (Å²) in [7, 11) is 0. The number of halogens is 2. The number of nitrogens with one attached hydrogen (secondary N) is 1. The number of hydrogen-bond acceptors (Lipinski definition) is 6. The lowest BCUT2D eigenvalue weighted by Gasteiger charge is -2.21. The van der Waals surface area contributed by atoms with E-state index in [1.54, 1.807) is 19.1 Å². The molecule has 1 aromatic carbocycles. The van der Waals surface area contributed by atoms with Crippen LogP contribution in [0.2, 0.25) is 0 Å². The average Bonchev–Trinajstić information content (AvgIpc) is 3.20. The van der Waals surface area contributed by atoms with Crippen molar-refractivity contribution in [2.75, 3.05) is 0 Å². The summed E-state index contributed by atoms with van der Waals surface area (Å²) in [4.78, 5) is 30.4. The molecule has 0 saturated carbocycles. The molecule has 0 bridgehead atoms. The van der Waals surface area contributed by atoms with Crippen LogP contribution in [0.3, 0.4) is 0 Å². The summed E-state index contributed by atoms with van der Waals surface area (Å²) in [5.74, 6) is 0.426. The maximum Gasteiger partial charge on any atom is 0.387 e. The van der Waals surface area contributed by atoms with Crippen LogP contribution in [0.25, 0.3) is 0 Å². The van der Waals surface area contributed by atoms with Gasteiger partial charge in [-0.05, 0) is 37.5 Å². The van der Waals surface area contributed by atoms with Gasteiger partial charge in [-0.2, -0.15) is 13.8 Å². The van der Waals surface area contributed by atoms with Crippen LogP contribution in [-0.2, 0) is 17.8 Å². The van der Waals surface area contributed by atoms with Crippen molar-refractivity contribution in [1.82, 2.24) is 20.4 Å². The van der Waals surface area contributed by atoms with Crippen molar-refractivity contribution in [3.63, 3.8) is 0 Å². The Bertz CT molecular complexity index is 885. The molecule has 0 aliphatic carbocycles. The van der Waals surface area contributed by atoms with Crippen molar-refractivity contribution < 1.29 is 27.6 Å². The number of alkyl halides is 2. The first-order chi connectivity index (χ1) is 13.7. The van der Waals surface area contributed by atoms with Gasteiger partial charge >= 0.3 is 12.6 Å². The molecule has 0 spiro atoms. The first-order valence-corrected chi connectivity index (χ1v) is 9.18. The number of imide groups is 1. The first-order valence-electron chi connectivity index (χ1n) is 9.18. The fourth-order valence-electron chi connectivity index (χ4n) is 3.00. The van der Waals surface area contributed by atoms with Crippen LogP contribution >= 0.6 is 0 Å². The Balaban J connectivity index is 1.62. The van der Waals surface area contributed by atoms with Crippen molar-refractivity contribution in [2.45, 2.75) is 58.2 Å². The van der Waals surface area contributed by atoms with Gasteiger partial charge in [0.2, 0.25) is 5.89 Å². The smallest absolute Gasteiger partial charge is 0.387 e. The third kappa shape index (κ3) is 4.69. The molecule has 1 aliphatic heterocycles. The van der Waals surface area contributed by atoms with Gasteiger partial charge in [-0.25, -0.2) is 4.79 Å². The van der Waals surface area contributed by atoms with E-state index in [-0.39, 0.29) is 29.9 Å². The number of ether oxygens (including phenoxy) is 1. The van der Waals surface area contributed by atoms with Gasteiger partial charge in [-0.15, -0.1) is 0 Å². The van der Waals surface area contributed by atoms with Crippen LogP contribution in [0, 0.1) is 0 Å². The number of aryl methyl sites for hydroxylation is 1. The second kappa shape index (κ2) is 8.14. The number of carbonyl (C=O) groups is 2. The molecule has 3 rings (SSSR count). The Morgan fingerprint density at radius 3 is 2.52 bits per heavy atom. The highest BCUT2D eigenvalue weighted by Crippen LogP contribution is 2.25. The highest BCUT2D eigenvalue weighted by atomic mass is 19.3. The highest BCUT2D eigenvalue weighted by molar-refractivity contribution is 6.06. The third-order valence-corrected chi connectivity index (χ3v) is 4.68. The fraction of sp³-hybridized carbons (Fsp3) is 0.474. The molecule has 1 aliphatic rings. The minimum atomic E-state index is -2.88. The Morgan fingerprint density at radius 2 is 1.93 bits per heavy atom. The van der Waals surface area contributed by atoms with E-state index in [0.29, 0.717) is 18.7 Å². The summed E-state index contributed by atoms with van der Waals surface area (Å²) >= 11 is 0. The first kappa shape index (κ1) is 20.7. The molecular weight excluding hydrogens is 386 g/mol. The molecular formula is C19H22F2N4O4. The van der Waals surface area contributed by atoms with Crippen molar-refractivity contribution in [1.29, 1.82) is 0 Å². The molecule has 1 N–H and O–H groups in total. The Morgan fingerprint density at radius 1 is 1.24 bits per heavy atom. The molecule has 0 radical (unpaired) electrons. The van der Waals surface area contributed by atoms with Crippen molar-refractivity contribution in [2.24, 2.45) is 0 Å². The number of benzene rings is 1. The standard InChI is InChI=1S/C19H22F2N4O4/c1-11(2)15-22-14(24-29-15)10-25-16(26)19(3,23-18(25)27)9-8-12-4-6-13(7-5-12)28-17(20)21/h4-7,11,17H,8-10H2,1-3H3,(H,23,27). The molecule has 2 heterocycles. The number of carbonyl (C=O) groups excluding carboxylic acids is 2. The van der Waals surface area contributed by atoms with E-state index in [2.05, 4.69) is 20.2 Å². The predicted octanol–water partition coefficient (Wildman–Crippen LogP) is 3.24. The zero-order valence-electron chi connectivity index (χ0n) is 16.3. The van der Waals surface area contributed by atoms with E-state index in [4.69, 9.17) is 4.52 Å². The van der Waals surface area contributed by atoms with Gasteiger partial charge in [-0.3, -0.25) is 9.69 Å². The van der Waals surface area contributed by atoms with E-state index in [0.717, 1.165) is 10.5 Å². The van der Waals surface area contributed by atoms with Crippen LogP contribution < -0.4 is 10.1 Å². The summed E-state index contributed by atoms with van der Waals surface area (Å²) in [6.45, 7) is 2.49. The minimum absolute atomic E-state index is 0.0436. The highest BCUT2D eigenvalue weighted by Gasteiger charge is 2.47. The second-order valence-electron chi connectivity index (χ2n) is 7.38. The molecule has 1 unspecified atom stereocenters.